The van der Waals surface area contributed by atoms with Gasteiger partial charge in [-0.05, 0) is 29.7 Å². The van der Waals surface area contributed by atoms with E-state index in [0.29, 0.717) is 24.2 Å². The largest absolute Gasteiger partial charge is 0.475 e. The highest BCUT2D eigenvalue weighted by atomic mass is 16.6. The molecule has 0 unspecified atom stereocenters. The number of nitrogens with zero attached hydrogens (tertiary/aromatic N) is 3. The van der Waals surface area contributed by atoms with Crippen molar-refractivity contribution in [3.8, 4) is 0 Å². The van der Waals surface area contributed by atoms with E-state index in [1.54, 1.807) is 29.2 Å². The number of diazo groups is 1. The Balaban J connectivity index is 1.96. The summed E-state index contributed by atoms with van der Waals surface area (Å²) < 4.78 is 4.74. The minimum Gasteiger partial charge on any atom is -0.475 e. The third-order valence-corrected chi connectivity index (χ3v) is 4.33. The maximum atomic E-state index is 13.0. The van der Waals surface area contributed by atoms with Gasteiger partial charge in [0.15, 0.2) is 4.98 Å². The fourth-order valence-electron chi connectivity index (χ4n) is 3.02. The summed E-state index contributed by atoms with van der Waals surface area (Å²) in [5.41, 5.74) is 2.86. The van der Waals surface area contributed by atoms with Crippen molar-refractivity contribution in [1.82, 2.24) is 4.90 Å². The number of carbonyl (C=O) groups excluding carboxylic acids is 1. The molecule has 6 nitrogen and oxygen atoms in total. The van der Waals surface area contributed by atoms with Crippen molar-refractivity contribution in [3.63, 3.8) is 0 Å². The SMILES string of the molecule is CO/C(O)=C(\[N+]#N)c1ccccc1C(=O)N1CCc2ccccc2C1. The van der Waals surface area contributed by atoms with Crippen LogP contribution >= 0.6 is 0 Å². The second-order valence-corrected chi connectivity index (χ2v) is 5.75. The lowest BCUT2D eigenvalue weighted by Crippen LogP contribution is -2.36. The van der Waals surface area contributed by atoms with Gasteiger partial charge in [-0.2, -0.15) is 0 Å². The van der Waals surface area contributed by atoms with Crippen molar-refractivity contribution in [2.45, 2.75) is 13.0 Å². The van der Waals surface area contributed by atoms with Gasteiger partial charge in [0.05, 0.1) is 18.2 Å². The molecule has 1 N–H and O–H groups in total. The predicted octanol–water partition coefficient (Wildman–Crippen LogP) is 3.57. The molecule has 1 heterocycles. The van der Waals surface area contributed by atoms with Crippen LogP contribution in [0.15, 0.2) is 54.5 Å². The maximum Gasteiger partial charge on any atom is 0.471 e. The van der Waals surface area contributed by atoms with Crippen LogP contribution in [0.25, 0.3) is 10.7 Å². The molecule has 0 aromatic heterocycles. The van der Waals surface area contributed by atoms with Crippen LogP contribution < -0.4 is 0 Å². The Bertz CT molecular complexity index is 883. The Morgan fingerprint density at radius 1 is 1.12 bits per heavy atom. The van der Waals surface area contributed by atoms with E-state index < -0.39 is 5.95 Å². The van der Waals surface area contributed by atoms with Gasteiger partial charge < -0.3 is 14.7 Å². The molecule has 1 amide bonds. The van der Waals surface area contributed by atoms with E-state index in [1.165, 1.54) is 12.7 Å². The normalized spacial score (nSPS) is 14.2. The number of aliphatic hydroxyl groups is 1. The highest BCUT2D eigenvalue weighted by molar-refractivity contribution is 6.00. The summed E-state index contributed by atoms with van der Waals surface area (Å²) in [4.78, 5) is 17.9. The second-order valence-electron chi connectivity index (χ2n) is 5.75. The standard InChI is InChI=1S/C19H17N3O3/c1-25-19(24)17(21-20)15-8-4-5-9-16(15)18(23)22-11-10-13-6-2-3-7-14(13)12-22/h2-9H,10-12H2,1H3/p+1. The minimum atomic E-state index is -0.549. The van der Waals surface area contributed by atoms with Gasteiger partial charge in [-0.3, -0.25) is 4.79 Å². The average Bonchev–Trinajstić information content (AvgIpc) is 2.67. The quantitative estimate of drug-likeness (QED) is 0.686. The van der Waals surface area contributed by atoms with E-state index in [0.717, 1.165) is 12.0 Å². The number of carbonyl (C=O) groups is 1. The molecule has 126 valence electrons. The Labute approximate surface area is 145 Å². The molecule has 0 saturated heterocycles. The predicted molar refractivity (Wildman–Crippen MR) is 93.0 cm³/mol. The highest BCUT2D eigenvalue weighted by Crippen LogP contribution is 2.26. The van der Waals surface area contributed by atoms with Crippen LogP contribution in [0.2, 0.25) is 0 Å². The highest BCUT2D eigenvalue weighted by Gasteiger charge is 2.31. The van der Waals surface area contributed by atoms with Crippen LogP contribution in [0.4, 0.5) is 0 Å². The molecule has 0 radical (unpaired) electrons. The van der Waals surface area contributed by atoms with Gasteiger partial charge in [0, 0.05) is 13.1 Å². The lowest BCUT2D eigenvalue weighted by Gasteiger charge is -2.29. The summed E-state index contributed by atoms with van der Waals surface area (Å²) in [5, 5.41) is 19.0. The molecule has 0 saturated carbocycles. The fraction of sp³-hybridized carbons (Fsp3) is 0.211. The second kappa shape index (κ2) is 7.05. The molecule has 0 atom stereocenters. The lowest BCUT2D eigenvalue weighted by molar-refractivity contribution is 0.0734. The van der Waals surface area contributed by atoms with E-state index in [9.17, 15) is 15.3 Å². The number of amides is 1. The molecule has 2 aromatic carbocycles. The molecule has 0 spiro atoms. The van der Waals surface area contributed by atoms with Crippen molar-refractivity contribution < 1.29 is 14.6 Å². The van der Waals surface area contributed by atoms with E-state index >= 15 is 0 Å². The van der Waals surface area contributed by atoms with Crippen molar-refractivity contribution in [1.29, 1.82) is 5.39 Å². The molecule has 2 aromatic rings. The minimum absolute atomic E-state index is 0.177. The Morgan fingerprint density at radius 2 is 1.76 bits per heavy atom. The zero-order valence-electron chi connectivity index (χ0n) is 13.8. The number of fused-ring (bicyclic) bond motifs is 1. The summed E-state index contributed by atoms with van der Waals surface area (Å²) in [7, 11) is 1.26. The summed E-state index contributed by atoms with van der Waals surface area (Å²) in [5.74, 6) is -0.734. The third-order valence-electron chi connectivity index (χ3n) is 4.33. The Morgan fingerprint density at radius 3 is 2.44 bits per heavy atom. The topological polar surface area (TPSA) is 77.9 Å². The zero-order valence-corrected chi connectivity index (χ0v) is 13.8. The molecule has 3 rings (SSSR count). The van der Waals surface area contributed by atoms with E-state index in [4.69, 9.17) is 4.74 Å². The van der Waals surface area contributed by atoms with Gasteiger partial charge in [0.2, 0.25) is 5.39 Å². The van der Waals surface area contributed by atoms with Crippen molar-refractivity contribution in [2.75, 3.05) is 13.7 Å². The first-order chi connectivity index (χ1) is 12.2. The first-order valence-electron chi connectivity index (χ1n) is 7.93. The van der Waals surface area contributed by atoms with Gasteiger partial charge in [-0.15, -0.1) is 0 Å². The molecular weight excluding hydrogens is 318 g/mol. The van der Waals surface area contributed by atoms with Crippen molar-refractivity contribution in [2.24, 2.45) is 0 Å². The van der Waals surface area contributed by atoms with Gasteiger partial charge in [-0.25, -0.2) is 0 Å². The molecule has 0 fully saturated rings. The van der Waals surface area contributed by atoms with Crippen molar-refractivity contribution >= 4 is 11.6 Å². The van der Waals surface area contributed by atoms with E-state index in [1.807, 2.05) is 18.2 Å². The summed E-state index contributed by atoms with van der Waals surface area (Å²) in [6.45, 7) is 1.13. The fourth-order valence-corrected chi connectivity index (χ4v) is 3.02. The van der Waals surface area contributed by atoms with Crippen LogP contribution in [-0.4, -0.2) is 29.6 Å². The molecule has 6 heteroatoms. The maximum absolute atomic E-state index is 13.0. The molecule has 1 aliphatic heterocycles. The summed E-state index contributed by atoms with van der Waals surface area (Å²) in [6, 6.07) is 14.7. The Hall–Kier alpha value is -3.33. The lowest BCUT2D eigenvalue weighted by atomic mass is 9.98. The van der Waals surface area contributed by atoms with Gasteiger partial charge in [-0.1, -0.05) is 36.4 Å². The number of hydrogen-bond acceptors (Lipinski definition) is 4. The van der Waals surface area contributed by atoms with Crippen LogP contribution in [0, 0.1) is 5.39 Å². The van der Waals surface area contributed by atoms with Gasteiger partial charge in [0.1, 0.15) is 0 Å². The van der Waals surface area contributed by atoms with Crippen LogP contribution in [0.3, 0.4) is 0 Å². The molecule has 25 heavy (non-hydrogen) atoms. The van der Waals surface area contributed by atoms with Gasteiger partial charge >= 0.3 is 11.6 Å². The van der Waals surface area contributed by atoms with Crippen LogP contribution in [0.1, 0.15) is 27.0 Å². The summed E-state index contributed by atoms with van der Waals surface area (Å²) in [6.07, 6.45) is 0.792. The molecular formula is C19H18N3O3+. The summed E-state index contributed by atoms with van der Waals surface area (Å²) >= 11 is 0. The average molecular weight is 336 g/mol. The number of rotatable bonds is 3. The number of methoxy groups -OCH3 is 1. The smallest absolute Gasteiger partial charge is 0.471 e. The molecule has 0 bridgehead atoms. The molecule has 0 aliphatic carbocycles. The van der Waals surface area contributed by atoms with Crippen LogP contribution in [-0.2, 0) is 17.7 Å². The number of aliphatic hydroxyl groups excluding tert-OH is 1. The first kappa shape index (κ1) is 16.5. The zero-order chi connectivity index (χ0) is 17.8. The van der Waals surface area contributed by atoms with E-state index in [2.05, 4.69) is 11.0 Å². The van der Waals surface area contributed by atoms with Gasteiger partial charge in [0.25, 0.3) is 5.91 Å². The Kier molecular flexibility index (Phi) is 4.66. The molecule has 1 aliphatic rings. The number of ether oxygens (including phenoxy) is 1. The number of hydrogen-bond donors (Lipinski definition) is 1. The first-order valence-corrected chi connectivity index (χ1v) is 7.93. The monoisotopic (exact) mass is 336 g/mol. The van der Waals surface area contributed by atoms with Crippen LogP contribution in [0.5, 0.6) is 0 Å². The third kappa shape index (κ3) is 3.17. The van der Waals surface area contributed by atoms with Crippen molar-refractivity contribution in [3.05, 3.63) is 81.7 Å². The van der Waals surface area contributed by atoms with E-state index in [-0.39, 0.29) is 11.6 Å². The number of benzene rings is 2.